The van der Waals surface area contributed by atoms with E-state index in [2.05, 4.69) is 43.0 Å². The molecule has 0 aliphatic heterocycles. The molecule has 0 aromatic heterocycles. The maximum absolute atomic E-state index is 5.67. The lowest BCUT2D eigenvalue weighted by molar-refractivity contribution is 0.146. The van der Waals surface area contributed by atoms with Crippen molar-refractivity contribution in [3.8, 4) is 0 Å². The van der Waals surface area contributed by atoms with E-state index in [1.165, 1.54) is 0 Å². The third-order valence-corrected chi connectivity index (χ3v) is 3.29. The highest BCUT2D eigenvalue weighted by Crippen LogP contribution is 2.07. The first kappa shape index (κ1) is 20.2. The lowest BCUT2D eigenvalue weighted by atomic mass is 10.1. The van der Waals surface area contributed by atoms with Gasteiger partial charge in [0.15, 0.2) is 0 Å². The zero-order valence-corrected chi connectivity index (χ0v) is 14.7. The number of ether oxygens (including phenoxy) is 1. The zero-order valence-electron chi connectivity index (χ0n) is 14.7. The summed E-state index contributed by atoms with van der Waals surface area (Å²) in [5.74, 6) is 7.85. The first-order valence-corrected chi connectivity index (χ1v) is 8.34. The number of nitrogens with one attached hydrogen (secondary N) is 1. The van der Waals surface area contributed by atoms with E-state index in [-0.39, 0.29) is 0 Å². The molecule has 0 saturated heterocycles. The molecule has 5 heteroatoms. The van der Waals surface area contributed by atoms with Crippen LogP contribution in [0.2, 0.25) is 0 Å². The molecule has 0 atom stereocenters. The number of nitrogens with zero attached hydrogens (tertiary/aromatic N) is 2. The molecular weight excluding hydrogens is 264 g/mol. The van der Waals surface area contributed by atoms with Gasteiger partial charge >= 0.3 is 0 Å². The fourth-order valence-electron chi connectivity index (χ4n) is 1.88. The lowest BCUT2D eigenvalue weighted by Crippen LogP contribution is -2.46. The van der Waals surface area contributed by atoms with Crippen molar-refractivity contribution in [1.82, 2.24) is 10.3 Å². The van der Waals surface area contributed by atoms with Crippen molar-refractivity contribution in [3.05, 3.63) is 0 Å². The van der Waals surface area contributed by atoms with Crippen LogP contribution in [0.4, 0.5) is 0 Å². The van der Waals surface area contributed by atoms with E-state index in [1.807, 2.05) is 6.92 Å². The van der Waals surface area contributed by atoms with Crippen molar-refractivity contribution in [2.24, 2.45) is 22.7 Å². The van der Waals surface area contributed by atoms with Gasteiger partial charge in [0.25, 0.3) is 0 Å². The Kier molecular flexibility index (Phi) is 12.4. The van der Waals surface area contributed by atoms with Crippen molar-refractivity contribution < 1.29 is 4.74 Å². The second-order valence-corrected chi connectivity index (χ2v) is 6.25. The van der Waals surface area contributed by atoms with Gasteiger partial charge in [-0.05, 0) is 38.0 Å². The van der Waals surface area contributed by atoms with Gasteiger partial charge < -0.3 is 9.64 Å². The smallest absolute Gasteiger partial charge is 0.208 e. The van der Waals surface area contributed by atoms with Crippen molar-refractivity contribution >= 4 is 5.96 Å². The molecule has 0 fully saturated rings. The number of hydrogen-bond donors (Lipinski definition) is 2. The number of rotatable bonds is 11. The molecule has 0 bridgehead atoms. The molecule has 5 nitrogen and oxygen atoms in total. The largest absolute Gasteiger partial charge is 0.382 e. The predicted octanol–water partition coefficient (Wildman–Crippen LogP) is 2.63. The molecular formula is C16H36N4O. The van der Waals surface area contributed by atoms with E-state index in [0.717, 1.165) is 58.1 Å². The molecule has 0 aromatic rings. The van der Waals surface area contributed by atoms with Gasteiger partial charge in [-0.2, -0.15) is 0 Å². The third kappa shape index (κ3) is 11.5. The zero-order chi connectivity index (χ0) is 16.1. The Morgan fingerprint density at radius 3 is 2.14 bits per heavy atom. The van der Waals surface area contributed by atoms with Crippen LogP contribution in [0.3, 0.4) is 0 Å². The number of aliphatic imine (C=N–C) groups is 1. The first-order valence-electron chi connectivity index (χ1n) is 8.34. The van der Waals surface area contributed by atoms with Gasteiger partial charge in [-0.3, -0.25) is 10.4 Å². The highest BCUT2D eigenvalue weighted by molar-refractivity contribution is 5.79. The Hall–Kier alpha value is -0.810. The predicted molar refractivity (Wildman–Crippen MR) is 91.2 cm³/mol. The minimum absolute atomic E-state index is 0.684. The molecule has 0 saturated carbocycles. The normalized spacial score (nSPS) is 12.3. The summed E-state index contributed by atoms with van der Waals surface area (Å²) >= 11 is 0. The van der Waals surface area contributed by atoms with Crippen LogP contribution in [-0.4, -0.2) is 43.7 Å². The van der Waals surface area contributed by atoms with E-state index < -0.39 is 0 Å². The Morgan fingerprint density at radius 1 is 1.14 bits per heavy atom. The molecule has 0 heterocycles. The van der Waals surface area contributed by atoms with E-state index in [1.54, 1.807) is 0 Å². The van der Waals surface area contributed by atoms with Crippen LogP contribution in [0, 0.1) is 11.8 Å². The molecule has 3 N–H and O–H groups in total. The molecule has 0 rings (SSSR count). The minimum atomic E-state index is 0.684. The molecule has 0 amide bonds. The van der Waals surface area contributed by atoms with Gasteiger partial charge in [0.2, 0.25) is 5.96 Å². The van der Waals surface area contributed by atoms with Crippen LogP contribution < -0.4 is 11.3 Å². The van der Waals surface area contributed by atoms with Crippen molar-refractivity contribution in [2.45, 2.75) is 53.9 Å². The van der Waals surface area contributed by atoms with Gasteiger partial charge in [-0.25, -0.2) is 5.84 Å². The maximum atomic E-state index is 5.67. The van der Waals surface area contributed by atoms with Crippen molar-refractivity contribution in [3.63, 3.8) is 0 Å². The van der Waals surface area contributed by atoms with Crippen molar-refractivity contribution in [2.75, 3.05) is 32.8 Å². The Morgan fingerprint density at radius 2 is 1.71 bits per heavy atom. The summed E-state index contributed by atoms with van der Waals surface area (Å²) < 4.78 is 5.33. The average molecular weight is 300 g/mol. The highest BCUT2D eigenvalue weighted by atomic mass is 16.5. The second kappa shape index (κ2) is 12.9. The first-order chi connectivity index (χ1) is 10.0. The fraction of sp³-hybridized carbons (Fsp3) is 0.938. The van der Waals surface area contributed by atoms with E-state index in [9.17, 15) is 0 Å². The Balaban J connectivity index is 4.44. The standard InChI is InChI=1S/C16H36N4O/c1-6-21-13-7-10-18-16(19-17)20(11-8-14(2)3)12-9-15(4)5/h14-15H,6-13,17H2,1-5H3,(H,18,19). The Labute approximate surface area is 131 Å². The van der Waals surface area contributed by atoms with Gasteiger partial charge in [0.05, 0.1) is 0 Å². The average Bonchev–Trinajstić information content (AvgIpc) is 2.43. The topological polar surface area (TPSA) is 62.9 Å². The summed E-state index contributed by atoms with van der Waals surface area (Å²) in [6.45, 7) is 15.3. The summed E-state index contributed by atoms with van der Waals surface area (Å²) in [7, 11) is 0. The van der Waals surface area contributed by atoms with Crippen LogP contribution in [0.25, 0.3) is 0 Å². The van der Waals surface area contributed by atoms with Crippen LogP contribution in [0.1, 0.15) is 53.9 Å². The Bertz CT molecular complexity index is 255. The summed E-state index contributed by atoms with van der Waals surface area (Å²) in [5, 5.41) is 0. The minimum Gasteiger partial charge on any atom is -0.382 e. The quantitative estimate of drug-likeness (QED) is 0.202. The molecule has 0 aliphatic carbocycles. The molecule has 0 spiro atoms. The van der Waals surface area contributed by atoms with Gasteiger partial charge in [-0.1, -0.05) is 27.7 Å². The number of hydrazine groups is 1. The van der Waals surface area contributed by atoms with Gasteiger partial charge in [-0.15, -0.1) is 0 Å². The molecule has 126 valence electrons. The molecule has 0 aromatic carbocycles. The van der Waals surface area contributed by atoms with Crippen LogP contribution in [0.15, 0.2) is 4.99 Å². The summed E-state index contributed by atoms with van der Waals surface area (Å²) in [4.78, 5) is 6.88. The number of guanidine groups is 1. The van der Waals surface area contributed by atoms with Crippen LogP contribution in [0.5, 0.6) is 0 Å². The molecule has 0 unspecified atom stereocenters. The summed E-state index contributed by atoms with van der Waals surface area (Å²) in [5.41, 5.74) is 2.78. The number of hydrogen-bond acceptors (Lipinski definition) is 3. The van der Waals surface area contributed by atoms with Gasteiger partial charge in [0.1, 0.15) is 0 Å². The monoisotopic (exact) mass is 300 g/mol. The van der Waals surface area contributed by atoms with Gasteiger partial charge in [0, 0.05) is 32.8 Å². The van der Waals surface area contributed by atoms with E-state index in [4.69, 9.17) is 10.6 Å². The second-order valence-electron chi connectivity index (χ2n) is 6.25. The summed E-state index contributed by atoms with van der Waals surface area (Å²) in [6.07, 6.45) is 3.23. The fourth-order valence-corrected chi connectivity index (χ4v) is 1.88. The lowest BCUT2D eigenvalue weighted by Gasteiger charge is -2.27. The molecule has 0 aliphatic rings. The molecule has 21 heavy (non-hydrogen) atoms. The SMILES string of the molecule is CCOCCCN=C(NN)N(CCC(C)C)CCC(C)C. The third-order valence-electron chi connectivity index (χ3n) is 3.29. The van der Waals surface area contributed by atoms with E-state index in [0.29, 0.717) is 11.8 Å². The highest BCUT2D eigenvalue weighted by Gasteiger charge is 2.11. The van der Waals surface area contributed by atoms with Crippen LogP contribution in [-0.2, 0) is 4.74 Å². The molecule has 0 radical (unpaired) electrons. The maximum Gasteiger partial charge on any atom is 0.208 e. The van der Waals surface area contributed by atoms with Crippen LogP contribution >= 0.6 is 0 Å². The summed E-state index contributed by atoms with van der Waals surface area (Å²) in [6, 6.07) is 0. The van der Waals surface area contributed by atoms with Crippen molar-refractivity contribution in [1.29, 1.82) is 0 Å². The van der Waals surface area contributed by atoms with E-state index >= 15 is 0 Å². The number of nitrogens with two attached hydrogens (primary N) is 1.